The number of likely N-dealkylation sites (tertiary alicyclic amines) is 1. The first-order chi connectivity index (χ1) is 8.63. The van der Waals surface area contributed by atoms with Gasteiger partial charge in [-0.2, -0.15) is 0 Å². The molecule has 0 spiro atoms. The molecule has 0 aromatic heterocycles. The van der Waals surface area contributed by atoms with Crippen LogP contribution in [0, 0.1) is 5.41 Å². The minimum Gasteiger partial charge on any atom is -0.378 e. The summed E-state index contributed by atoms with van der Waals surface area (Å²) in [6.45, 7) is 6.47. The molecule has 5 heteroatoms. The van der Waals surface area contributed by atoms with Gasteiger partial charge in [0.1, 0.15) is 0 Å². The fourth-order valence-corrected chi connectivity index (χ4v) is 2.80. The van der Waals surface area contributed by atoms with Crippen molar-refractivity contribution >= 4 is 11.8 Å². The van der Waals surface area contributed by atoms with E-state index in [1.165, 1.54) is 4.90 Å². The van der Waals surface area contributed by atoms with Gasteiger partial charge in [0.25, 0.3) is 0 Å². The van der Waals surface area contributed by atoms with Crippen LogP contribution in [0.2, 0.25) is 0 Å². The van der Waals surface area contributed by atoms with Gasteiger partial charge < -0.3 is 10.1 Å². The van der Waals surface area contributed by atoms with E-state index in [9.17, 15) is 9.59 Å². The molecule has 1 unspecified atom stereocenters. The molecule has 2 aliphatic rings. The zero-order chi connectivity index (χ0) is 13.2. The molecular formula is C13H22N2O3. The van der Waals surface area contributed by atoms with Crippen molar-refractivity contribution in [2.24, 2.45) is 5.41 Å². The molecule has 2 heterocycles. The van der Waals surface area contributed by atoms with Crippen LogP contribution in [0.25, 0.3) is 0 Å². The number of hydrogen-bond donors (Lipinski definition) is 1. The Morgan fingerprint density at radius 1 is 1.39 bits per heavy atom. The Morgan fingerprint density at radius 3 is 2.61 bits per heavy atom. The van der Waals surface area contributed by atoms with E-state index in [1.807, 2.05) is 13.8 Å². The molecule has 5 nitrogen and oxygen atoms in total. The van der Waals surface area contributed by atoms with E-state index in [0.717, 1.165) is 19.4 Å². The summed E-state index contributed by atoms with van der Waals surface area (Å²) in [5.41, 5.74) is -0.452. The normalized spacial score (nSPS) is 27.9. The van der Waals surface area contributed by atoms with E-state index in [4.69, 9.17) is 4.74 Å². The maximum Gasteiger partial charge on any atom is 0.235 e. The van der Waals surface area contributed by atoms with E-state index < -0.39 is 5.41 Å². The van der Waals surface area contributed by atoms with Crippen molar-refractivity contribution in [3.63, 3.8) is 0 Å². The second-order valence-corrected chi connectivity index (χ2v) is 5.20. The van der Waals surface area contributed by atoms with Gasteiger partial charge in [0.05, 0.1) is 18.6 Å². The molecular weight excluding hydrogens is 232 g/mol. The number of nitrogens with zero attached hydrogens (tertiary/aromatic N) is 1. The maximum atomic E-state index is 12.4. The van der Waals surface area contributed by atoms with Crippen molar-refractivity contribution in [3.8, 4) is 0 Å². The second-order valence-electron chi connectivity index (χ2n) is 5.20. The summed E-state index contributed by atoms with van der Waals surface area (Å²) in [5, 5.41) is 3.28. The van der Waals surface area contributed by atoms with E-state index >= 15 is 0 Å². The number of imide groups is 1. The number of carbonyl (C=O) groups excluding carboxylic acids is 2. The minimum absolute atomic E-state index is 0.00451. The lowest BCUT2D eigenvalue weighted by Gasteiger charge is -2.29. The maximum absolute atomic E-state index is 12.4. The molecule has 0 saturated carbocycles. The van der Waals surface area contributed by atoms with Crippen LogP contribution in [0.3, 0.4) is 0 Å². The number of amides is 2. The average molecular weight is 254 g/mol. The number of rotatable bonds is 4. The van der Waals surface area contributed by atoms with Gasteiger partial charge >= 0.3 is 0 Å². The summed E-state index contributed by atoms with van der Waals surface area (Å²) in [7, 11) is 0. The Bertz CT molecular complexity index is 333. The van der Waals surface area contributed by atoms with E-state index in [2.05, 4.69) is 5.32 Å². The second kappa shape index (κ2) is 5.36. The Hall–Kier alpha value is -0.940. The predicted molar refractivity (Wildman–Crippen MR) is 67.0 cm³/mol. The molecule has 0 aromatic rings. The van der Waals surface area contributed by atoms with Crippen LogP contribution in [0.15, 0.2) is 0 Å². The predicted octanol–water partition coefficient (Wildman–Crippen LogP) is 0.540. The van der Waals surface area contributed by atoms with Gasteiger partial charge in [0.15, 0.2) is 0 Å². The average Bonchev–Trinajstić information content (AvgIpc) is 2.65. The van der Waals surface area contributed by atoms with E-state index in [0.29, 0.717) is 26.2 Å². The van der Waals surface area contributed by atoms with Gasteiger partial charge in [0.2, 0.25) is 11.8 Å². The fraction of sp³-hybridized carbons (Fsp3) is 0.846. The number of nitrogens with one attached hydrogen (secondary N) is 1. The van der Waals surface area contributed by atoms with Crippen LogP contribution in [0.1, 0.15) is 33.1 Å². The van der Waals surface area contributed by atoms with Crippen LogP contribution in [0.5, 0.6) is 0 Å². The van der Waals surface area contributed by atoms with Gasteiger partial charge in [-0.15, -0.1) is 0 Å². The van der Waals surface area contributed by atoms with Crippen molar-refractivity contribution < 1.29 is 14.3 Å². The van der Waals surface area contributed by atoms with Crippen LogP contribution < -0.4 is 5.32 Å². The van der Waals surface area contributed by atoms with Gasteiger partial charge in [-0.05, 0) is 12.8 Å². The third-order valence-corrected chi connectivity index (χ3v) is 4.24. The van der Waals surface area contributed by atoms with E-state index in [-0.39, 0.29) is 17.9 Å². The summed E-state index contributed by atoms with van der Waals surface area (Å²) in [6.07, 6.45) is 1.84. The monoisotopic (exact) mass is 254 g/mol. The largest absolute Gasteiger partial charge is 0.378 e. The number of ether oxygens (including phenoxy) is 1. The van der Waals surface area contributed by atoms with Crippen LogP contribution in [0.4, 0.5) is 0 Å². The first kappa shape index (κ1) is 13.5. The Balaban J connectivity index is 2.04. The minimum atomic E-state index is -0.452. The van der Waals surface area contributed by atoms with Gasteiger partial charge in [-0.3, -0.25) is 14.5 Å². The quantitative estimate of drug-likeness (QED) is 0.744. The van der Waals surface area contributed by atoms with Gasteiger partial charge in [0, 0.05) is 25.6 Å². The summed E-state index contributed by atoms with van der Waals surface area (Å²) in [5.74, 6) is -0.0269. The van der Waals surface area contributed by atoms with Crippen LogP contribution >= 0.6 is 0 Å². The molecule has 0 aliphatic carbocycles. The summed E-state index contributed by atoms with van der Waals surface area (Å²) >= 11 is 0. The lowest BCUT2D eigenvalue weighted by molar-refractivity contribution is -0.142. The molecule has 18 heavy (non-hydrogen) atoms. The Labute approximate surface area is 108 Å². The molecule has 2 amide bonds. The smallest absolute Gasteiger partial charge is 0.235 e. The third kappa shape index (κ3) is 2.29. The molecule has 2 fully saturated rings. The summed E-state index contributed by atoms with van der Waals surface area (Å²) in [6, 6.07) is 0.0798. The van der Waals surface area contributed by atoms with Gasteiger partial charge in [-0.1, -0.05) is 13.8 Å². The molecule has 0 aromatic carbocycles. The lowest BCUT2D eigenvalue weighted by atomic mass is 9.81. The number of carbonyl (C=O) groups is 2. The fourth-order valence-electron chi connectivity index (χ4n) is 2.80. The third-order valence-electron chi connectivity index (χ3n) is 4.24. The summed E-state index contributed by atoms with van der Waals surface area (Å²) in [4.78, 5) is 25.9. The zero-order valence-corrected chi connectivity index (χ0v) is 11.2. The topological polar surface area (TPSA) is 58.6 Å². The summed E-state index contributed by atoms with van der Waals surface area (Å²) < 4.78 is 5.36. The molecule has 2 rings (SSSR count). The zero-order valence-electron chi connectivity index (χ0n) is 11.2. The van der Waals surface area contributed by atoms with E-state index in [1.54, 1.807) is 0 Å². The van der Waals surface area contributed by atoms with Crippen molar-refractivity contribution in [1.82, 2.24) is 10.2 Å². The molecule has 2 saturated heterocycles. The van der Waals surface area contributed by atoms with Crippen molar-refractivity contribution in [3.05, 3.63) is 0 Å². The molecule has 0 bridgehead atoms. The molecule has 1 N–H and O–H groups in total. The van der Waals surface area contributed by atoms with Crippen LogP contribution in [-0.4, -0.2) is 49.1 Å². The number of hydrogen-bond acceptors (Lipinski definition) is 4. The highest BCUT2D eigenvalue weighted by molar-refractivity contribution is 6.05. The highest BCUT2D eigenvalue weighted by atomic mass is 16.5. The van der Waals surface area contributed by atoms with Crippen molar-refractivity contribution in [1.29, 1.82) is 0 Å². The SMILES string of the molecule is CCC1(CC)CC(=O)N(CC2COCCN2)C1=O. The first-order valence-electron chi connectivity index (χ1n) is 6.79. The highest BCUT2D eigenvalue weighted by Crippen LogP contribution is 2.39. The molecule has 1 atom stereocenters. The van der Waals surface area contributed by atoms with Gasteiger partial charge in [-0.25, -0.2) is 0 Å². The standard InChI is InChI=1S/C13H22N2O3/c1-3-13(4-2)7-11(16)15(12(13)17)8-10-9-18-6-5-14-10/h10,14H,3-9H2,1-2H3. The Kier molecular flexibility index (Phi) is 4.02. The molecule has 102 valence electrons. The first-order valence-corrected chi connectivity index (χ1v) is 6.79. The Morgan fingerprint density at radius 2 is 2.11 bits per heavy atom. The lowest BCUT2D eigenvalue weighted by Crippen LogP contribution is -2.50. The number of morpholine rings is 1. The molecule has 2 aliphatic heterocycles. The molecule has 0 radical (unpaired) electrons. The van der Waals surface area contributed by atoms with Crippen molar-refractivity contribution in [2.75, 3.05) is 26.3 Å². The highest BCUT2D eigenvalue weighted by Gasteiger charge is 2.49. The van der Waals surface area contributed by atoms with Crippen molar-refractivity contribution in [2.45, 2.75) is 39.2 Å². The van der Waals surface area contributed by atoms with Crippen LogP contribution in [-0.2, 0) is 14.3 Å².